The molecule has 1 fully saturated rings. The molecule has 1 rings (SSSR count). The van der Waals surface area contributed by atoms with Gasteiger partial charge >= 0.3 is 70.7 Å². The van der Waals surface area contributed by atoms with E-state index in [1.54, 1.807) is 0 Å². The van der Waals surface area contributed by atoms with E-state index in [2.05, 4.69) is 27.4 Å². The van der Waals surface area contributed by atoms with Crippen LogP contribution in [0, 0.1) is 0 Å². The first-order valence-corrected chi connectivity index (χ1v) is 4.98. The van der Waals surface area contributed by atoms with E-state index in [9.17, 15) is 0 Å². The first-order chi connectivity index (χ1) is 4.84. The molecule has 0 N–H and O–H groups in total. The molecule has 1 heterocycles. The van der Waals surface area contributed by atoms with Gasteiger partial charge in [0.1, 0.15) is 0 Å². The van der Waals surface area contributed by atoms with Crippen molar-refractivity contribution in [3.05, 3.63) is 0 Å². The normalized spacial score (nSPS) is 17.9. The summed E-state index contributed by atoms with van der Waals surface area (Å²) in [6.45, 7) is 4.79. The molecule has 1 nitrogen and oxygen atoms in total. The summed E-state index contributed by atoms with van der Waals surface area (Å²) in [6.07, 6.45) is 5.27. The van der Waals surface area contributed by atoms with Crippen molar-refractivity contribution in [3.63, 3.8) is 0 Å². The van der Waals surface area contributed by atoms with Crippen LogP contribution >= 0.6 is 0 Å². The Balaban J connectivity index is 2.25. The molecule has 58 valence electrons. The number of hydrogen-bond donors (Lipinski definition) is 0. The van der Waals surface area contributed by atoms with Crippen LogP contribution in [-0.2, 0) is 0 Å². The summed E-state index contributed by atoms with van der Waals surface area (Å²) in [5.74, 6) is 0. The van der Waals surface area contributed by atoms with Crippen LogP contribution in [0.1, 0.15) is 32.6 Å². The summed E-state index contributed by atoms with van der Waals surface area (Å²) in [5.41, 5.74) is 0. The minimum absolute atomic E-state index is 1.24. The van der Waals surface area contributed by atoms with Gasteiger partial charge in [0.05, 0.1) is 0 Å². The molecule has 0 spiro atoms. The van der Waals surface area contributed by atoms with Gasteiger partial charge in [0, 0.05) is 0 Å². The fourth-order valence-electron chi connectivity index (χ4n) is 1.34. The number of hydrogen-bond acceptors (Lipinski definition) is 1. The average Bonchev–Trinajstić information content (AvgIpc) is 2.38. The van der Waals surface area contributed by atoms with Crippen molar-refractivity contribution >= 4 is 20.1 Å². The molecule has 1 aliphatic heterocycles. The second kappa shape index (κ2) is 4.15. The van der Waals surface area contributed by atoms with Gasteiger partial charge in [-0.3, -0.25) is 0 Å². The van der Waals surface area contributed by atoms with Gasteiger partial charge in [-0.05, 0) is 0 Å². The SMILES string of the molecule is CCCC(=[Se])N1CCCC1. The van der Waals surface area contributed by atoms with Gasteiger partial charge in [-0.15, -0.1) is 0 Å². The van der Waals surface area contributed by atoms with E-state index >= 15 is 0 Å². The van der Waals surface area contributed by atoms with Crippen molar-refractivity contribution in [1.82, 2.24) is 4.90 Å². The summed E-state index contributed by atoms with van der Waals surface area (Å²) in [4.78, 5) is 2.48. The van der Waals surface area contributed by atoms with Crippen LogP contribution in [0.4, 0.5) is 0 Å². The van der Waals surface area contributed by atoms with Crippen molar-refractivity contribution in [3.8, 4) is 0 Å². The van der Waals surface area contributed by atoms with E-state index < -0.39 is 0 Å². The van der Waals surface area contributed by atoms with Crippen LogP contribution in [-0.4, -0.2) is 38.1 Å². The van der Waals surface area contributed by atoms with E-state index in [4.69, 9.17) is 0 Å². The summed E-state index contributed by atoms with van der Waals surface area (Å²) in [7, 11) is 0. The summed E-state index contributed by atoms with van der Waals surface area (Å²) >= 11 is 3.16. The molecular formula is C8H15NSe. The second-order valence-electron chi connectivity index (χ2n) is 2.84. The van der Waals surface area contributed by atoms with E-state index in [1.165, 1.54) is 43.3 Å². The van der Waals surface area contributed by atoms with Gasteiger partial charge in [0.2, 0.25) is 0 Å². The predicted octanol–water partition coefficient (Wildman–Crippen LogP) is 1.18. The van der Waals surface area contributed by atoms with Gasteiger partial charge < -0.3 is 0 Å². The molecule has 0 unspecified atom stereocenters. The Bertz CT molecular complexity index is 116. The summed E-state index contributed by atoms with van der Waals surface area (Å²) < 4.78 is 1.47. The van der Waals surface area contributed by atoms with Crippen LogP contribution in [0.25, 0.3) is 0 Å². The summed E-state index contributed by atoms with van der Waals surface area (Å²) in [6, 6.07) is 0. The Hall–Kier alpha value is 0.189. The van der Waals surface area contributed by atoms with Crippen molar-refractivity contribution in [1.29, 1.82) is 0 Å². The van der Waals surface area contributed by atoms with Crippen LogP contribution < -0.4 is 0 Å². The molecule has 2 heteroatoms. The van der Waals surface area contributed by atoms with E-state index in [0.717, 1.165) is 0 Å². The van der Waals surface area contributed by atoms with E-state index in [1.807, 2.05) is 0 Å². The van der Waals surface area contributed by atoms with Gasteiger partial charge in [-0.2, -0.15) is 0 Å². The Morgan fingerprint density at radius 3 is 2.50 bits per heavy atom. The van der Waals surface area contributed by atoms with Crippen LogP contribution in [0.5, 0.6) is 0 Å². The molecule has 0 amide bonds. The third kappa shape index (κ3) is 2.10. The Morgan fingerprint density at radius 1 is 1.40 bits per heavy atom. The third-order valence-electron chi connectivity index (χ3n) is 1.92. The molecule has 0 aliphatic carbocycles. The molecule has 0 bridgehead atoms. The van der Waals surface area contributed by atoms with Crippen molar-refractivity contribution in [2.24, 2.45) is 0 Å². The molecule has 0 aromatic carbocycles. The zero-order valence-electron chi connectivity index (χ0n) is 6.60. The molecule has 10 heavy (non-hydrogen) atoms. The maximum atomic E-state index is 3.16. The quantitative estimate of drug-likeness (QED) is 0.624. The zero-order valence-corrected chi connectivity index (χ0v) is 8.31. The molecule has 1 aliphatic rings. The number of nitrogens with zero attached hydrogens (tertiary/aromatic N) is 1. The first kappa shape index (κ1) is 8.29. The molecule has 0 aromatic heterocycles. The molecular weight excluding hydrogens is 189 g/mol. The van der Waals surface area contributed by atoms with Crippen LogP contribution in [0.2, 0.25) is 0 Å². The van der Waals surface area contributed by atoms with Crippen molar-refractivity contribution < 1.29 is 0 Å². The van der Waals surface area contributed by atoms with E-state index in [-0.39, 0.29) is 0 Å². The van der Waals surface area contributed by atoms with Crippen molar-refractivity contribution in [2.45, 2.75) is 32.6 Å². The number of rotatable bonds is 3. The van der Waals surface area contributed by atoms with E-state index in [0.29, 0.717) is 0 Å². The van der Waals surface area contributed by atoms with Gasteiger partial charge in [0.15, 0.2) is 0 Å². The molecule has 1 saturated heterocycles. The average molecular weight is 204 g/mol. The number of likely N-dealkylation sites (tertiary alicyclic amines) is 1. The zero-order chi connectivity index (χ0) is 7.40. The molecule has 0 atom stereocenters. The Kier molecular flexibility index (Phi) is 3.44. The topological polar surface area (TPSA) is 3.24 Å². The third-order valence-corrected chi connectivity index (χ3v) is 2.89. The Labute approximate surface area is 71.1 Å². The summed E-state index contributed by atoms with van der Waals surface area (Å²) in [5, 5.41) is 0. The second-order valence-corrected chi connectivity index (χ2v) is 3.83. The maximum absolute atomic E-state index is 3.16. The standard InChI is InChI=1S/C8H15NSe/c1-2-5-8(10)9-6-3-4-7-9/h2-7H2,1H3. The van der Waals surface area contributed by atoms with Crippen molar-refractivity contribution in [2.75, 3.05) is 13.1 Å². The molecule has 0 radical (unpaired) electrons. The minimum atomic E-state index is 1.24. The van der Waals surface area contributed by atoms with Crippen LogP contribution in [0.15, 0.2) is 0 Å². The first-order valence-electron chi connectivity index (χ1n) is 4.12. The van der Waals surface area contributed by atoms with Crippen LogP contribution in [0.3, 0.4) is 0 Å². The van der Waals surface area contributed by atoms with Gasteiger partial charge in [0.25, 0.3) is 0 Å². The predicted molar refractivity (Wildman–Crippen MR) is 46.5 cm³/mol. The fourth-order valence-corrected chi connectivity index (χ4v) is 2.15. The van der Waals surface area contributed by atoms with Gasteiger partial charge in [-0.25, -0.2) is 0 Å². The van der Waals surface area contributed by atoms with Gasteiger partial charge in [-0.1, -0.05) is 0 Å². The monoisotopic (exact) mass is 205 g/mol. The molecule has 0 saturated carbocycles. The molecule has 0 aromatic rings. The Morgan fingerprint density at radius 2 is 2.00 bits per heavy atom. The fraction of sp³-hybridized carbons (Fsp3) is 0.875.